The number of aromatic nitrogens is 3. The summed E-state index contributed by atoms with van der Waals surface area (Å²) in [5, 5.41) is 8.66. The summed E-state index contributed by atoms with van der Waals surface area (Å²) in [6, 6.07) is 49.7. The first kappa shape index (κ1) is 27.5. The van der Waals surface area contributed by atoms with E-state index in [0.717, 1.165) is 50.5 Å². The molecule has 3 heterocycles. The van der Waals surface area contributed by atoms with Crippen molar-refractivity contribution in [2.75, 3.05) is 0 Å². The summed E-state index contributed by atoms with van der Waals surface area (Å²) in [7, 11) is 0. The summed E-state index contributed by atoms with van der Waals surface area (Å²) in [4.78, 5) is 5.12. The molecule has 0 fully saturated rings. The first-order valence-corrected chi connectivity index (χ1v) is 16.5. The van der Waals surface area contributed by atoms with Gasteiger partial charge in [0.25, 0.3) is 0 Å². The van der Waals surface area contributed by atoms with Gasteiger partial charge < -0.3 is 4.42 Å². The fourth-order valence-electron chi connectivity index (χ4n) is 7.66. The van der Waals surface area contributed by atoms with E-state index < -0.39 is 0 Å². The zero-order valence-corrected chi connectivity index (χ0v) is 26.6. The molecule has 0 amide bonds. The highest BCUT2D eigenvalue weighted by atomic mass is 16.3. The number of benzene rings is 7. The largest absolute Gasteiger partial charge is 0.437 e. The number of nitrogens with zero attached hydrogens (tertiary/aromatic N) is 3. The second-order valence-corrected chi connectivity index (χ2v) is 12.5. The van der Waals surface area contributed by atoms with Crippen molar-refractivity contribution in [1.82, 2.24) is 14.0 Å². The maximum absolute atomic E-state index is 6.32. The summed E-state index contributed by atoms with van der Waals surface area (Å²) in [6.07, 6.45) is 3.71. The minimum atomic E-state index is 0.702. The third-order valence-corrected chi connectivity index (χ3v) is 9.88. The van der Waals surface area contributed by atoms with Gasteiger partial charge in [0, 0.05) is 11.1 Å². The van der Waals surface area contributed by atoms with Gasteiger partial charge in [0.15, 0.2) is 0 Å². The van der Waals surface area contributed by atoms with Crippen LogP contribution in [0.5, 0.6) is 0 Å². The molecule has 0 aliphatic heterocycles. The summed E-state index contributed by atoms with van der Waals surface area (Å²) in [5.41, 5.74) is 9.73. The Morgan fingerprint density at radius 1 is 0.490 bits per heavy atom. The van der Waals surface area contributed by atoms with Crippen LogP contribution in [-0.2, 0) is 0 Å². The van der Waals surface area contributed by atoms with Gasteiger partial charge in [0.05, 0.1) is 11.4 Å². The first-order valence-electron chi connectivity index (χ1n) is 16.5. The topological polar surface area (TPSA) is 35.4 Å². The Morgan fingerprint density at radius 3 is 1.71 bits per heavy atom. The van der Waals surface area contributed by atoms with E-state index in [1.54, 1.807) is 0 Å². The molecule has 4 nitrogen and oxygen atoms in total. The predicted octanol–water partition coefficient (Wildman–Crippen LogP) is 12.1. The van der Waals surface area contributed by atoms with E-state index in [-0.39, 0.29) is 0 Å². The normalized spacial score (nSPS) is 11.8. The number of rotatable bonds is 5. The summed E-state index contributed by atoms with van der Waals surface area (Å²) >= 11 is 0. The van der Waals surface area contributed by atoms with Crippen LogP contribution in [0, 0.1) is 0 Å². The monoisotopic (exact) mass is 627 g/mol. The van der Waals surface area contributed by atoms with Gasteiger partial charge in [0.1, 0.15) is 11.1 Å². The van der Waals surface area contributed by atoms with Crippen LogP contribution in [0.3, 0.4) is 0 Å². The lowest BCUT2D eigenvalue weighted by molar-refractivity contribution is 0.649. The third kappa shape index (κ3) is 3.95. The van der Waals surface area contributed by atoms with Crippen molar-refractivity contribution < 1.29 is 4.42 Å². The Labute approximate surface area is 282 Å². The van der Waals surface area contributed by atoms with E-state index in [1.165, 1.54) is 43.4 Å². The van der Waals surface area contributed by atoms with Crippen molar-refractivity contribution in [1.29, 1.82) is 0 Å². The van der Waals surface area contributed by atoms with Crippen molar-refractivity contribution in [2.45, 2.75) is 0 Å². The van der Waals surface area contributed by atoms with Crippen LogP contribution in [0.15, 0.2) is 157 Å². The maximum Gasteiger partial charge on any atom is 0.234 e. The quantitative estimate of drug-likeness (QED) is 0.178. The van der Waals surface area contributed by atoms with E-state index in [2.05, 4.69) is 133 Å². The molecular formula is C45H29N3O. The van der Waals surface area contributed by atoms with Gasteiger partial charge in [-0.05, 0) is 103 Å². The average Bonchev–Trinajstić information content (AvgIpc) is 3.81. The molecule has 230 valence electrons. The Kier molecular flexibility index (Phi) is 5.84. The van der Waals surface area contributed by atoms with Gasteiger partial charge in [-0.3, -0.25) is 4.57 Å². The smallest absolute Gasteiger partial charge is 0.234 e. The molecule has 49 heavy (non-hydrogen) atoms. The average molecular weight is 628 g/mol. The minimum absolute atomic E-state index is 0.702. The number of hydrogen-bond acceptors (Lipinski definition) is 2. The van der Waals surface area contributed by atoms with E-state index >= 15 is 0 Å². The van der Waals surface area contributed by atoms with Crippen molar-refractivity contribution in [2.24, 2.45) is 0 Å². The van der Waals surface area contributed by atoms with E-state index in [4.69, 9.17) is 9.40 Å². The zero-order valence-electron chi connectivity index (χ0n) is 26.6. The van der Waals surface area contributed by atoms with Crippen molar-refractivity contribution in [3.05, 3.63) is 164 Å². The van der Waals surface area contributed by atoms with Gasteiger partial charge in [-0.15, -0.1) is 0 Å². The van der Waals surface area contributed by atoms with Crippen LogP contribution in [-0.4, -0.2) is 14.0 Å². The van der Waals surface area contributed by atoms with Crippen LogP contribution < -0.4 is 0 Å². The van der Waals surface area contributed by atoms with E-state index in [0.29, 0.717) is 5.71 Å². The summed E-state index contributed by atoms with van der Waals surface area (Å²) in [6.45, 7) is 8.31. The van der Waals surface area contributed by atoms with E-state index in [1.807, 2.05) is 40.8 Å². The SMILES string of the molecule is C=Cc1c(C=C)n2c3oc4ccccc4c3nc2n1-c1cccc(-c2cccc(-c3ccc4c5ccccc5c5ccccc5c4c3)c2)c1. The van der Waals surface area contributed by atoms with Crippen LogP contribution in [0.4, 0.5) is 0 Å². The summed E-state index contributed by atoms with van der Waals surface area (Å²) < 4.78 is 10.5. The molecule has 0 atom stereocenters. The van der Waals surface area contributed by atoms with Gasteiger partial charge in [0.2, 0.25) is 11.5 Å². The Bertz CT molecular complexity index is 2950. The molecule has 0 saturated carbocycles. The van der Waals surface area contributed by atoms with E-state index in [9.17, 15) is 0 Å². The molecule has 0 spiro atoms. The highest BCUT2D eigenvalue weighted by Gasteiger charge is 2.23. The number of fused-ring (bicyclic) bond motifs is 11. The number of furan rings is 1. The molecule has 0 aliphatic carbocycles. The highest BCUT2D eigenvalue weighted by molar-refractivity contribution is 6.25. The van der Waals surface area contributed by atoms with Crippen LogP contribution in [0.1, 0.15) is 11.4 Å². The first-order chi connectivity index (χ1) is 24.2. The Morgan fingerprint density at radius 2 is 1.04 bits per heavy atom. The van der Waals surface area contributed by atoms with Gasteiger partial charge in [-0.1, -0.05) is 116 Å². The van der Waals surface area contributed by atoms with Crippen molar-refractivity contribution >= 4 is 72.4 Å². The van der Waals surface area contributed by atoms with Crippen LogP contribution in [0.25, 0.3) is 100 Å². The molecule has 0 radical (unpaired) electrons. The lowest BCUT2D eigenvalue weighted by atomic mass is 9.91. The second kappa shape index (κ2) is 10.4. The van der Waals surface area contributed by atoms with Gasteiger partial charge in [-0.2, -0.15) is 0 Å². The number of hydrogen-bond donors (Lipinski definition) is 0. The molecule has 0 saturated heterocycles. The third-order valence-electron chi connectivity index (χ3n) is 9.88. The second-order valence-electron chi connectivity index (χ2n) is 12.5. The van der Waals surface area contributed by atoms with Crippen molar-refractivity contribution in [3.63, 3.8) is 0 Å². The van der Waals surface area contributed by atoms with Gasteiger partial charge >= 0.3 is 0 Å². The Balaban J connectivity index is 1.12. The molecule has 10 aromatic rings. The molecule has 4 heteroatoms. The standard InChI is InChI=1S/C45H29N3O/c1-3-40-41(4-2)48-44-43(38-21-9-10-22-42(38)49-44)46-45(48)47(40)32-16-12-15-30(26-32)28-13-11-14-29(25-28)31-23-24-37-35-19-6-5-17-33(35)34-18-7-8-20-36(34)39(37)27-31/h3-27H,1-2H2. The molecule has 0 aliphatic rings. The molecular weight excluding hydrogens is 599 g/mol. The van der Waals surface area contributed by atoms with Crippen molar-refractivity contribution in [3.8, 4) is 27.9 Å². The minimum Gasteiger partial charge on any atom is -0.437 e. The summed E-state index contributed by atoms with van der Waals surface area (Å²) in [5.74, 6) is 0.756. The molecule has 0 N–H and O–H groups in total. The number of imidazole rings is 2. The zero-order chi connectivity index (χ0) is 32.6. The number of para-hydroxylation sites is 1. The molecule has 10 rings (SSSR count). The Hall–Kier alpha value is -6.65. The highest BCUT2D eigenvalue weighted by Crippen LogP contribution is 2.38. The lowest BCUT2D eigenvalue weighted by Crippen LogP contribution is -1.98. The molecule has 3 aromatic heterocycles. The van der Waals surface area contributed by atoms with Gasteiger partial charge in [-0.25, -0.2) is 9.38 Å². The fourth-order valence-corrected chi connectivity index (χ4v) is 7.66. The molecule has 0 bridgehead atoms. The van der Waals surface area contributed by atoms with Crippen LogP contribution in [0.2, 0.25) is 0 Å². The fraction of sp³-hybridized carbons (Fsp3) is 0. The lowest BCUT2D eigenvalue weighted by Gasteiger charge is -2.13. The maximum atomic E-state index is 6.32. The predicted molar refractivity (Wildman–Crippen MR) is 205 cm³/mol. The van der Waals surface area contributed by atoms with Crippen LogP contribution >= 0.6 is 0 Å². The molecule has 0 unspecified atom stereocenters. The molecule has 7 aromatic carbocycles.